The van der Waals surface area contributed by atoms with Crippen LogP contribution in [-0.4, -0.2) is 34.1 Å². The average Bonchev–Trinajstić information content (AvgIpc) is 2.33. The van der Waals surface area contributed by atoms with Gasteiger partial charge in [-0.15, -0.1) is 0 Å². The Bertz CT molecular complexity index is 644. The number of hydrogen-bond donors (Lipinski definition) is 3. The SMILES string of the molecule is O=C1C=CC(=Nc2ccc(O)cc2)C=C1.O=S(=O)(O)O. The van der Waals surface area contributed by atoms with E-state index in [4.69, 9.17) is 22.6 Å². The number of benzene rings is 1. The normalized spacial score (nSPS) is 13.7. The molecule has 0 heterocycles. The van der Waals surface area contributed by atoms with Crippen molar-refractivity contribution in [1.29, 1.82) is 0 Å². The number of phenolic OH excluding ortho intramolecular Hbond substituents is 1. The van der Waals surface area contributed by atoms with Crippen LogP contribution in [0.1, 0.15) is 0 Å². The van der Waals surface area contributed by atoms with Gasteiger partial charge in [0.05, 0.1) is 11.4 Å². The van der Waals surface area contributed by atoms with Gasteiger partial charge < -0.3 is 5.11 Å². The summed E-state index contributed by atoms with van der Waals surface area (Å²) in [5.41, 5.74) is 1.46. The molecule has 0 bridgehead atoms. The van der Waals surface area contributed by atoms with Crippen molar-refractivity contribution in [1.82, 2.24) is 0 Å². The quantitative estimate of drug-likeness (QED) is 0.533. The summed E-state index contributed by atoms with van der Waals surface area (Å²) in [5.74, 6) is 0.184. The summed E-state index contributed by atoms with van der Waals surface area (Å²) in [6, 6.07) is 6.56. The lowest BCUT2D eigenvalue weighted by Gasteiger charge is -1.99. The second-order valence-electron chi connectivity index (χ2n) is 3.57. The Hall–Kier alpha value is -2.29. The first kappa shape index (κ1) is 15.8. The second kappa shape index (κ2) is 6.75. The average molecular weight is 297 g/mol. The van der Waals surface area contributed by atoms with E-state index in [1.807, 2.05) is 0 Å². The Kier molecular flexibility index (Phi) is 5.32. The molecule has 0 saturated carbocycles. The first-order valence-corrected chi connectivity index (χ1v) is 6.61. The van der Waals surface area contributed by atoms with Crippen LogP contribution < -0.4 is 0 Å². The van der Waals surface area contributed by atoms with Gasteiger partial charge in [-0.1, -0.05) is 0 Å². The van der Waals surface area contributed by atoms with E-state index in [0.717, 1.165) is 11.4 Å². The number of phenols is 1. The zero-order chi connectivity index (χ0) is 15.2. The maximum atomic E-state index is 10.8. The van der Waals surface area contributed by atoms with Gasteiger partial charge in [-0.3, -0.25) is 13.9 Å². The van der Waals surface area contributed by atoms with Crippen LogP contribution in [-0.2, 0) is 15.2 Å². The van der Waals surface area contributed by atoms with Crippen molar-refractivity contribution in [2.75, 3.05) is 0 Å². The molecule has 1 aromatic carbocycles. The van der Waals surface area contributed by atoms with E-state index in [0.29, 0.717) is 0 Å². The number of hydrogen-bond acceptors (Lipinski definition) is 5. The molecule has 106 valence electrons. The number of aromatic hydroxyl groups is 1. The van der Waals surface area contributed by atoms with Crippen LogP contribution in [0.25, 0.3) is 0 Å². The molecule has 0 aromatic heterocycles. The minimum absolute atomic E-state index is 0.0281. The molecule has 20 heavy (non-hydrogen) atoms. The molecule has 0 fully saturated rings. The van der Waals surface area contributed by atoms with Crippen LogP contribution in [0.4, 0.5) is 5.69 Å². The molecule has 1 aliphatic carbocycles. The third-order valence-corrected chi connectivity index (χ3v) is 1.94. The molecule has 8 heteroatoms. The van der Waals surface area contributed by atoms with Crippen LogP contribution in [0.3, 0.4) is 0 Å². The number of allylic oxidation sites excluding steroid dienone is 4. The number of ketones is 1. The third kappa shape index (κ3) is 7.21. The zero-order valence-corrected chi connectivity index (χ0v) is 10.9. The molecule has 0 unspecified atom stereocenters. The van der Waals surface area contributed by atoms with Gasteiger partial charge in [-0.05, 0) is 48.6 Å². The van der Waals surface area contributed by atoms with Crippen LogP contribution >= 0.6 is 0 Å². The Balaban J connectivity index is 0.000000347. The lowest BCUT2D eigenvalue weighted by molar-refractivity contribution is -0.110. The van der Waals surface area contributed by atoms with Gasteiger partial charge in [-0.25, -0.2) is 4.99 Å². The summed E-state index contributed by atoms with van der Waals surface area (Å²) in [7, 11) is -4.67. The Morgan fingerprint density at radius 1 is 0.900 bits per heavy atom. The number of rotatable bonds is 1. The van der Waals surface area contributed by atoms with E-state index in [2.05, 4.69) is 4.99 Å². The highest BCUT2D eigenvalue weighted by Gasteiger charge is 1.99. The molecule has 0 spiro atoms. The zero-order valence-electron chi connectivity index (χ0n) is 10.0. The predicted molar refractivity (Wildman–Crippen MR) is 72.7 cm³/mol. The fraction of sp³-hybridized carbons (Fsp3) is 0. The van der Waals surface area contributed by atoms with E-state index in [1.54, 1.807) is 36.4 Å². The third-order valence-electron chi connectivity index (χ3n) is 1.94. The van der Waals surface area contributed by atoms with E-state index in [1.165, 1.54) is 12.2 Å². The van der Waals surface area contributed by atoms with Gasteiger partial charge >= 0.3 is 10.4 Å². The summed E-state index contributed by atoms with van der Waals surface area (Å²) in [6.45, 7) is 0. The van der Waals surface area contributed by atoms with Gasteiger partial charge in [0, 0.05) is 0 Å². The molecule has 0 saturated heterocycles. The maximum absolute atomic E-state index is 10.8. The van der Waals surface area contributed by atoms with Crippen LogP contribution in [0.5, 0.6) is 5.75 Å². The number of aliphatic imine (C=N–C) groups is 1. The highest BCUT2D eigenvalue weighted by Crippen LogP contribution is 2.17. The molecule has 1 aliphatic rings. The first-order chi connectivity index (χ1) is 9.24. The van der Waals surface area contributed by atoms with Crippen molar-refractivity contribution in [3.05, 3.63) is 48.6 Å². The van der Waals surface area contributed by atoms with Crippen LogP contribution in [0.2, 0.25) is 0 Å². The number of nitrogens with zero attached hydrogens (tertiary/aromatic N) is 1. The molecule has 0 aliphatic heterocycles. The Labute approximate surface area is 115 Å². The standard InChI is InChI=1S/C12H9NO2.H2O4S/c14-11-5-1-9(2-6-11)13-10-3-7-12(15)8-4-10;1-5(2,3)4/h1-8,14H;(H2,1,2,3,4). The minimum atomic E-state index is -4.67. The van der Waals surface area contributed by atoms with Crippen molar-refractivity contribution in [3.63, 3.8) is 0 Å². The molecule has 1 aromatic rings. The fourth-order valence-corrected chi connectivity index (χ4v) is 1.20. The van der Waals surface area contributed by atoms with Gasteiger partial charge in [0.2, 0.25) is 0 Å². The van der Waals surface area contributed by atoms with E-state index in [9.17, 15) is 4.79 Å². The Morgan fingerprint density at radius 2 is 1.35 bits per heavy atom. The highest BCUT2D eigenvalue weighted by atomic mass is 32.3. The summed E-state index contributed by atoms with van der Waals surface area (Å²) in [5, 5.41) is 9.08. The molecular weight excluding hydrogens is 286 g/mol. The van der Waals surface area contributed by atoms with Crippen molar-refractivity contribution in [2.24, 2.45) is 4.99 Å². The van der Waals surface area contributed by atoms with Gasteiger partial charge in [-0.2, -0.15) is 8.42 Å². The van der Waals surface area contributed by atoms with Crippen LogP contribution in [0, 0.1) is 0 Å². The van der Waals surface area contributed by atoms with Crippen molar-refractivity contribution in [2.45, 2.75) is 0 Å². The topological polar surface area (TPSA) is 124 Å². The highest BCUT2D eigenvalue weighted by molar-refractivity contribution is 7.79. The lowest BCUT2D eigenvalue weighted by Crippen LogP contribution is -1.98. The first-order valence-electron chi connectivity index (χ1n) is 5.22. The van der Waals surface area contributed by atoms with Gasteiger partial charge in [0.25, 0.3) is 0 Å². The minimum Gasteiger partial charge on any atom is -0.508 e. The molecule has 0 radical (unpaired) electrons. The summed E-state index contributed by atoms with van der Waals surface area (Å²) >= 11 is 0. The van der Waals surface area contributed by atoms with Crippen molar-refractivity contribution < 1.29 is 27.4 Å². The van der Waals surface area contributed by atoms with E-state index in [-0.39, 0.29) is 11.5 Å². The van der Waals surface area contributed by atoms with E-state index >= 15 is 0 Å². The molecular formula is C12H11NO6S. The molecule has 7 nitrogen and oxygen atoms in total. The smallest absolute Gasteiger partial charge is 0.394 e. The van der Waals surface area contributed by atoms with E-state index < -0.39 is 10.4 Å². The maximum Gasteiger partial charge on any atom is 0.394 e. The monoisotopic (exact) mass is 297 g/mol. The summed E-state index contributed by atoms with van der Waals surface area (Å²) < 4.78 is 31.6. The number of carbonyl (C=O) groups is 1. The van der Waals surface area contributed by atoms with Crippen molar-refractivity contribution in [3.8, 4) is 5.75 Å². The molecule has 0 amide bonds. The number of carbonyl (C=O) groups excluding carboxylic acids is 1. The predicted octanol–water partition coefficient (Wildman–Crippen LogP) is 1.51. The largest absolute Gasteiger partial charge is 0.508 e. The molecule has 0 atom stereocenters. The van der Waals surface area contributed by atoms with Gasteiger partial charge in [0.1, 0.15) is 5.75 Å². The van der Waals surface area contributed by atoms with Crippen molar-refractivity contribution >= 4 is 27.6 Å². The fourth-order valence-electron chi connectivity index (χ4n) is 1.20. The Morgan fingerprint density at radius 3 is 1.80 bits per heavy atom. The summed E-state index contributed by atoms with van der Waals surface area (Å²) in [4.78, 5) is 15.1. The lowest BCUT2D eigenvalue weighted by atomic mass is 10.1. The molecule has 2 rings (SSSR count). The van der Waals surface area contributed by atoms with Gasteiger partial charge in [0.15, 0.2) is 5.78 Å². The summed E-state index contributed by atoms with van der Waals surface area (Å²) in [6.07, 6.45) is 6.27. The van der Waals surface area contributed by atoms with Crippen LogP contribution in [0.15, 0.2) is 53.6 Å². The molecule has 3 N–H and O–H groups in total. The second-order valence-corrected chi connectivity index (χ2v) is 4.47.